The molecule has 1 saturated heterocycles. The second-order valence-corrected chi connectivity index (χ2v) is 7.24. The molecular weight excluding hydrogens is 392 g/mol. The zero-order valence-electron chi connectivity index (χ0n) is 15.8. The molecule has 2 aromatic carbocycles. The molecule has 0 radical (unpaired) electrons. The van der Waals surface area contributed by atoms with Crippen molar-refractivity contribution in [1.82, 2.24) is 15.0 Å². The quantitative estimate of drug-likeness (QED) is 0.505. The van der Waals surface area contributed by atoms with Crippen LogP contribution in [0, 0.1) is 0 Å². The maximum atomic E-state index is 14.6. The van der Waals surface area contributed by atoms with Gasteiger partial charge in [-0.15, -0.1) is 0 Å². The molecule has 0 aliphatic carbocycles. The van der Waals surface area contributed by atoms with Gasteiger partial charge in [-0.3, -0.25) is 4.79 Å². The predicted molar refractivity (Wildman–Crippen MR) is 106 cm³/mol. The van der Waals surface area contributed by atoms with Gasteiger partial charge in [0.05, 0.1) is 17.4 Å². The lowest BCUT2D eigenvalue weighted by Gasteiger charge is -2.37. The molecular formula is C22H17F2N3O3. The minimum atomic E-state index is -3.09. The van der Waals surface area contributed by atoms with Crippen LogP contribution >= 0.6 is 0 Å². The molecule has 2 aromatic heterocycles. The number of alkyl halides is 2. The van der Waals surface area contributed by atoms with Gasteiger partial charge in [0.15, 0.2) is 17.4 Å². The topological polar surface area (TPSA) is 68.5 Å². The van der Waals surface area contributed by atoms with Crippen LogP contribution in [0.3, 0.4) is 0 Å². The van der Waals surface area contributed by atoms with Gasteiger partial charge in [0.1, 0.15) is 0 Å². The number of likely N-dealkylation sites (tertiary alicyclic amines) is 1. The summed E-state index contributed by atoms with van der Waals surface area (Å²) >= 11 is 0. The smallest absolute Gasteiger partial charge is 0.287 e. The fraction of sp³-hybridized carbons (Fsp3) is 0.227. The molecule has 152 valence electrons. The monoisotopic (exact) mass is 409 g/mol. The van der Waals surface area contributed by atoms with Crippen molar-refractivity contribution in [3.63, 3.8) is 0 Å². The molecule has 6 nitrogen and oxygen atoms in total. The van der Waals surface area contributed by atoms with Crippen LogP contribution < -0.4 is 4.74 Å². The number of amides is 1. The molecule has 1 aliphatic heterocycles. The van der Waals surface area contributed by atoms with Crippen LogP contribution in [0.15, 0.2) is 65.2 Å². The third-order valence-corrected chi connectivity index (χ3v) is 5.28. The Labute approximate surface area is 170 Å². The van der Waals surface area contributed by atoms with E-state index in [2.05, 4.69) is 10.1 Å². The van der Waals surface area contributed by atoms with E-state index in [1.807, 2.05) is 18.2 Å². The van der Waals surface area contributed by atoms with Gasteiger partial charge in [0.2, 0.25) is 5.88 Å². The number of benzene rings is 2. The summed E-state index contributed by atoms with van der Waals surface area (Å²) < 4.78 is 39.9. The standard InChI is InChI=1S/C22H17F2N3O3/c23-22(24)11-12-27(21(28)20-15-6-2-4-8-17(15)30-26-20)13-18(22)29-19-10-9-14-5-1-3-7-16(14)25-19/h1-10,18H,11-13H2/t18-/m0/s1. The molecule has 1 aliphatic rings. The lowest BCUT2D eigenvalue weighted by atomic mass is 10.0. The number of carbonyl (C=O) groups is 1. The summed E-state index contributed by atoms with van der Waals surface area (Å²) in [5.41, 5.74) is 1.23. The van der Waals surface area contributed by atoms with Crippen LogP contribution in [0.4, 0.5) is 8.78 Å². The Morgan fingerprint density at radius 3 is 2.80 bits per heavy atom. The molecule has 4 aromatic rings. The predicted octanol–water partition coefficient (Wildman–Crippen LogP) is 4.30. The lowest BCUT2D eigenvalue weighted by molar-refractivity contribution is -0.131. The summed E-state index contributed by atoms with van der Waals surface area (Å²) in [6.45, 7) is -0.375. The number of halogens is 2. The third-order valence-electron chi connectivity index (χ3n) is 5.28. The first kappa shape index (κ1) is 18.5. The molecule has 1 amide bonds. The fourth-order valence-corrected chi connectivity index (χ4v) is 3.63. The molecule has 5 rings (SSSR count). The number of aromatic nitrogens is 2. The highest BCUT2D eigenvalue weighted by atomic mass is 19.3. The first-order valence-electron chi connectivity index (χ1n) is 9.55. The summed E-state index contributed by atoms with van der Waals surface area (Å²) in [4.78, 5) is 18.6. The van der Waals surface area contributed by atoms with E-state index >= 15 is 0 Å². The molecule has 30 heavy (non-hydrogen) atoms. The van der Waals surface area contributed by atoms with E-state index in [4.69, 9.17) is 9.26 Å². The van der Waals surface area contributed by atoms with E-state index in [0.717, 1.165) is 5.39 Å². The number of rotatable bonds is 3. The van der Waals surface area contributed by atoms with Gasteiger partial charge in [-0.1, -0.05) is 35.5 Å². The van der Waals surface area contributed by atoms with Crippen molar-refractivity contribution in [1.29, 1.82) is 0 Å². The number of piperidine rings is 1. The summed E-state index contributed by atoms with van der Waals surface area (Å²) in [7, 11) is 0. The van der Waals surface area contributed by atoms with Gasteiger partial charge in [-0.05, 0) is 24.3 Å². The SMILES string of the molecule is O=C(c1noc2ccccc12)N1CCC(F)(F)[C@@H](Oc2ccc3ccccc3n2)C1. The molecule has 8 heteroatoms. The van der Waals surface area contributed by atoms with Gasteiger partial charge >= 0.3 is 0 Å². The summed E-state index contributed by atoms with van der Waals surface area (Å²) in [5.74, 6) is -3.45. The normalized spacial score (nSPS) is 18.6. The fourth-order valence-electron chi connectivity index (χ4n) is 3.63. The second-order valence-electron chi connectivity index (χ2n) is 7.24. The van der Waals surface area contributed by atoms with Crippen LogP contribution in [0.5, 0.6) is 5.88 Å². The maximum absolute atomic E-state index is 14.6. The molecule has 0 bridgehead atoms. The molecule has 0 N–H and O–H groups in total. The first-order valence-corrected chi connectivity index (χ1v) is 9.55. The summed E-state index contributed by atoms with van der Waals surface area (Å²) in [6.07, 6.45) is -2.02. The van der Waals surface area contributed by atoms with Crippen molar-refractivity contribution in [2.75, 3.05) is 13.1 Å². The van der Waals surface area contributed by atoms with Crippen molar-refractivity contribution in [2.45, 2.75) is 18.4 Å². The molecule has 0 unspecified atom stereocenters. The average molecular weight is 409 g/mol. The number of ether oxygens (including phenoxy) is 1. The molecule has 1 fully saturated rings. The number of hydrogen-bond acceptors (Lipinski definition) is 5. The zero-order valence-corrected chi connectivity index (χ0v) is 15.8. The summed E-state index contributed by atoms with van der Waals surface area (Å²) in [6, 6.07) is 17.6. The van der Waals surface area contributed by atoms with Gasteiger partial charge in [0, 0.05) is 24.4 Å². The van der Waals surface area contributed by atoms with Gasteiger partial charge < -0.3 is 14.2 Å². The molecule has 1 atom stereocenters. The average Bonchev–Trinajstić information content (AvgIpc) is 3.19. The highest BCUT2D eigenvalue weighted by molar-refractivity contribution is 6.04. The third kappa shape index (κ3) is 3.24. The Bertz CT molecular complexity index is 1240. The highest BCUT2D eigenvalue weighted by Crippen LogP contribution is 2.33. The van der Waals surface area contributed by atoms with E-state index in [9.17, 15) is 13.6 Å². The number of fused-ring (bicyclic) bond motifs is 2. The van der Waals surface area contributed by atoms with Crippen molar-refractivity contribution in [3.8, 4) is 5.88 Å². The number of carbonyl (C=O) groups excluding carboxylic acids is 1. The Kier molecular flexibility index (Phi) is 4.34. The van der Waals surface area contributed by atoms with E-state index in [0.29, 0.717) is 16.5 Å². The highest BCUT2D eigenvalue weighted by Gasteiger charge is 2.47. The first-order chi connectivity index (χ1) is 14.5. The van der Waals surface area contributed by atoms with Crippen LogP contribution in [-0.4, -0.2) is 46.1 Å². The number of pyridine rings is 1. The van der Waals surface area contributed by atoms with Gasteiger partial charge in [0.25, 0.3) is 11.8 Å². The van der Waals surface area contributed by atoms with Crippen molar-refractivity contribution in [2.24, 2.45) is 0 Å². The van der Waals surface area contributed by atoms with E-state index in [1.54, 1.807) is 42.5 Å². The van der Waals surface area contributed by atoms with E-state index in [1.165, 1.54) is 4.90 Å². The second kappa shape index (κ2) is 7.05. The lowest BCUT2D eigenvalue weighted by Crippen LogP contribution is -2.55. The molecule has 0 spiro atoms. The summed E-state index contributed by atoms with van der Waals surface area (Å²) in [5, 5.41) is 5.28. The Morgan fingerprint density at radius 1 is 1.10 bits per heavy atom. The van der Waals surface area contributed by atoms with Gasteiger partial charge in [-0.2, -0.15) is 0 Å². The van der Waals surface area contributed by atoms with Crippen molar-refractivity contribution in [3.05, 3.63) is 66.4 Å². The Hall–Kier alpha value is -3.55. The number of para-hydroxylation sites is 2. The van der Waals surface area contributed by atoms with Crippen LogP contribution in [0.2, 0.25) is 0 Å². The van der Waals surface area contributed by atoms with Crippen LogP contribution in [0.25, 0.3) is 21.9 Å². The minimum Gasteiger partial charge on any atom is -0.466 e. The Morgan fingerprint density at radius 2 is 1.90 bits per heavy atom. The zero-order chi connectivity index (χ0) is 20.7. The van der Waals surface area contributed by atoms with Crippen molar-refractivity contribution < 1.29 is 22.8 Å². The maximum Gasteiger partial charge on any atom is 0.287 e. The Balaban J connectivity index is 1.39. The van der Waals surface area contributed by atoms with Crippen molar-refractivity contribution >= 4 is 27.8 Å². The number of nitrogens with zero attached hydrogens (tertiary/aromatic N) is 3. The number of hydrogen-bond donors (Lipinski definition) is 0. The van der Waals surface area contributed by atoms with E-state index < -0.39 is 24.4 Å². The molecule has 3 heterocycles. The minimum absolute atomic E-state index is 0.0968. The van der Waals surface area contributed by atoms with Crippen LogP contribution in [0.1, 0.15) is 16.9 Å². The van der Waals surface area contributed by atoms with Crippen LogP contribution in [-0.2, 0) is 0 Å². The van der Waals surface area contributed by atoms with Gasteiger partial charge in [-0.25, -0.2) is 13.8 Å². The largest absolute Gasteiger partial charge is 0.466 e. The molecule has 0 saturated carbocycles. The van der Waals surface area contributed by atoms with E-state index in [-0.39, 0.29) is 24.7 Å².